The Morgan fingerprint density at radius 3 is 2.58 bits per heavy atom. The number of hydrogen-bond acceptors (Lipinski definition) is 2. The first-order chi connectivity index (χ1) is 12.5. The molecule has 0 saturated heterocycles. The highest BCUT2D eigenvalue weighted by atomic mass is 79.9. The number of rotatable bonds is 3. The summed E-state index contributed by atoms with van der Waals surface area (Å²) in [5.74, 6) is 0. The Bertz CT molecular complexity index is 1090. The highest BCUT2D eigenvalue weighted by Crippen LogP contribution is 2.35. The number of fused-ring (bicyclic) bond motifs is 1. The van der Waals surface area contributed by atoms with Gasteiger partial charge in [-0.25, -0.2) is 9.67 Å². The van der Waals surface area contributed by atoms with Crippen molar-refractivity contribution >= 4 is 50.0 Å². The van der Waals surface area contributed by atoms with Gasteiger partial charge in [-0.1, -0.05) is 51.3 Å². The van der Waals surface area contributed by atoms with Gasteiger partial charge in [-0.2, -0.15) is 5.10 Å². The van der Waals surface area contributed by atoms with Crippen LogP contribution in [0.1, 0.15) is 16.7 Å². The zero-order valence-electron chi connectivity index (χ0n) is 13.9. The molecule has 0 saturated carbocycles. The number of benzene rings is 2. The molecule has 0 aliphatic carbocycles. The van der Waals surface area contributed by atoms with Crippen molar-refractivity contribution in [1.29, 1.82) is 0 Å². The minimum Gasteiger partial charge on any atom is -0.241 e. The molecule has 2 aromatic heterocycles. The Hall–Kier alpha value is -1.88. The van der Waals surface area contributed by atoms with Crippen molar-refractivity contribution < 1.29 is 0 Å². The molecular formula is C20H14BrCl2N3. The van der Waals surface area contributed by atoms with Gasteiger partial charge in [0.2, 0.25) is 0 Å². The summed E-state index contributed by atoms with van der Waals surface area (Å²) in [6.07, 6.45) is 4.29. The minimum absolute atomic E-state index is 0.448. The summed E-state index contributed by atoms with van der Waals surface area (Å²) in [6, 6.07) is 14.1. The third-order valence-electron chi connectivity index (χ3n) is 4.31. The van der Waals surface area contributed by atoms with Crippen LogP contribution >= 0.6 is 39.1 Å². The van der Waals surface area contributed by atoms with Gasteiger partial charge >= 0.3 is 0 Å². The lowest BCUT2D eigenvalue weighted by molar-refractivity contribution is 0.879. The molecule has 4 aromatic rings. The van der Waals surface area contributed by atoms with E-state index in [1.54, 1.807) is 6.20 Å². The average molecular weight is 447 g/mol. The first-order valence-electron chi connectivity index (χ1n) is 8.05. The van der Waals surface area contributed by atoms with Gasteiger partial charge in [-0.3, -0.25) is 0 Å². The van der Waals surface area contributed by atoms with Crippen LogP contribution in [0.4, 0.5) is 0 Å². The molecule has 0 aliphatic rings. The van der Waals surface area contributed by atoms with E-state index in [4.69, 9.17) is 23.2 Å². The Morgan fingerprint density at radius 1 is 1.12 bits per heavy atom. The van der Waals surface area contributed by atoms with E-state index in [0.717, 1.165) is 37.8 Å². The first kappa shape index (κ1) is 17.5. The van der Waals surface area contributed by atoms with E-state index in [9.17, 15) is 0 Å². The monoisotopic (exact) mass is 445 g/mol. The molecule has 2 aromatic carbocycles. The number of hydrogen-bond donors (Lipinski definition) is 0. The fourth-order valence-corrected chi connectivity index (χ4v) is 4.18. The molecule has 26 heavy (non-hydrogen) atoms. The molecule has 0 amide bonds. The van der Waals surface area contributed by atoms with E-state index in [2.05, 4.69) is 38.1 Å². The molecular weight excluding hydrogens is 433 g/mol. The van der Waals surface area contributed by atoms with E-state index in [-0.39, 0.29) is 0 Å². The van der Waals surface area contributed by atoms with E-state index in [1.165, 1.54) is 0 Å². The normalized spacial score (nSPS) is 11.2. The van der Waals surface area contributed by atoms with Gasteiger partial charge in [0.15, 0.2) is 0 Å². The van der Waals surface area contributed by atoms with Gasteiger partial charge in [-0.05, 0) is 48.4 Å². The first-order valence-corrected chi connectivity index (χ1v) is 9.60. The number of aryl methyl sites for hydroxylation is 1. The van der Waals surface area contributed by atoms with Crippen molar-refractivity contribution in [2.24, 2.45) is 0 Å². The van der Waals surface area contributed by atoms with Crippen LogP contribution in [0.15, 0.2) is 59.3 Å². The maximum atomic E-state index is 6.69. The van der Waals surface area contributed by atoms with Crippen LogP contribution in [0, 0.1) is 6.92 Å². The lowest BCUT2D eigenvalue weighted by atomic mass is 10.0. The summed E-state index contributed by atoms with van der Waals surface area (Å²) < 4.78 is 2.80. The van der Waals surface area contributed by atoms with Gasteiger partial charge < -0.3 is 0 Å². The molecule has 0 spiro atoms. The Kier molecular flexibility index (Phi) is 4.74. The molecule has 0 bridgehead atoms. The van der Waals surface area contributed by atoms with Gasteiger partial charge in [0.05, 0.1) is 16.2 Å². The van der Waals surface area contributed by atoms with Crippen molar-refractivity contribution in [1.82, 2.24) is 14.8 Å². The molecule has 3 nitrogen and oxygen atoms in total. The van der Waals surface area contributed by atoms with Crippen LogP contribution in [0.5, 0.6) is 0 Å². The van der Waals surface area contributed by atoms with Crippen molar-refractivity contribution in [2.45, 2.75) is 13.3 Å². The van der Waals surface area contributed by atoms with Crippen LogP contribution < -0.4 is 0 Å². The summed E-state index contributed by atoms with van der Waals surface area (Å²) >= 11 is 16.7. The SMILES string of the molecule is Cc1cc(Br)cc2c(Cl)c(Cc3ccc(-n4cccn4)cc3)c(Cl)nc12. The Labute approximate surface area is 169 Å². The van der Waals surface area contributed by atoms with Crippen LogP contribution in [0.25, 0.3) is 16.6 Å². The fraction of sp³-hybridized carbons (Fsp3) is 0.100. The molecule has 2 heterocycles. The van der Waals surface area contributed by atoms with E-state index < -0.39 is 0 Å². The van der Waals surface area contributed by atoms with Crippen molar-refractivity contribution in [3.05, 3.63) is 86.2 Å². The largest absolute Gasteiger partial charge is 0.241 e. The van der Waals surface area contributed by atoms with E-state index in [0.29, 0.717) is 16.6 Å². The zero-order chi connectivity index (χ0) is 18.3. The minimum atomic E-state index is 0.448. The predicted octanol–water partition coefficient (Wildman–Crippen LogP) is 6.39. The number of pyridine rings is 1. The van der Waals surface area contributed by atoms with Crippen LogP contribution in [-0.2, 0) is 6.42 Å². The zero-order valence-corrected chi connectivity index (χ0v) is 17.0. The highest BCUT2D eigenvalue weighted by molar-refractivity contribution is 9.10. The Balaban J connectivity index is 1.73. The fourth-order valence-electron chi connectivity index (χ4n) is 3.01. The third kappa shape index (κ3) is 3.25. The molecule has 0 aliphatic heterocycles. The number of halogens is 3. The summed E-state index contributed by atoms with van der Waals surface area (Å²) in [5.41, 5.74) is 4.82. The smallest absolute Gasteiger partial charge is 0.134 e. The second-order valence-electron chi connectivity index (χ2n) is 6.11. The van der Waals surface area contributed by atoms with Crippen LogP contribution in [0.2, 0.25) is 10.2 Å². The molecule has 0 unspecified atom stereocenters. The van der Waals surface area contributed by atoms with E-state index >= 15 is 0 Å². The molecule has 6 heteroatoms. The topological polar surface area (TPSA) is 30.7 Å². The molecule has 4 rings (SSSR count). The maximum Gasteiger partial charge on any atom is 0.134 e. The van der Waals surface area contributed by atoms with Crippen LogP contribution in [0.3, 0.4) is 0 Å². The number of nitrogens with zero attached hydrogens (tertiary/aromatic N) is 3. The maximum absolute atomic E-state index is 6.69. The molecule has 0 radical (unpaired) electrons. The van der Waals surface area contributed by atoms with E-state index in [1.807, 2.05) is 48.1 Å². The molecule has 0 N–H and O–H groups in total. The predicted molar refractivity (Wildman–Crippen MR) is 111 cm³/mol. The average Bonchev–Trinajstić information content (AvgIpc) is 3.15. The van der Waals surface area contributed by atoms with Crippen LogP contribution in [-0.4, -0.2) is 14.8 Å². The lowest BCUT2D eigenvalue weighted by Crippen LogP contribution is -1.98. The molecule has 0 fully saturated rings. The lowest BCUT2D eigenvalue weighted by Gasteiger charge is -2.12. The summed E-state index contributed by atoms with van der Waals surface area (Å²) in [7, 11) is 0. The molecule has 130 valence electrons. The standard InChI is InChI=1S/C20H14BrCl2N3/c1-12-9-14(21)11-16-18(22)17(20(23)25-19(12)16)10-13-3-5-15(6-4-13)26-8-2-7-24-26/h2-9,11H,10H2,1H3. The van der Waals surface area contributed by atoms with Gasteiger partial charge in [0.25, 0.3) is 0 Å². The second-order valence-corrected chi connectivity index (χ2v) is 7.76. The van der Waals surface area contributed by atoms with Gasteiger partial charge in [-0.15, -0.1) is 0 Å². The summed E-state index contributed by atoms with van der Waals surface area (Å²) in [4.78, 5) is 4.58. The van der Waals surface area contributed by atoms with Gasteiger partial charge in [0.1, 0.15) is 5.15 Å². The number of aromatic nitrogens is 3. The molecule has 0 atom stereocenters. The highest BCUT2D eigenvalue weighted by Gasteiger charge is 2.15. The summed E-state index contributed by atoms with van der Waals surface area (Å²) in [6.45, 7) is 2.00. The summed E-state index contributed by atoms with van der Waals surface area (Å²) in [5, 5.41) is 6.25. The van der Waals surface area contributed by atoms with Crippen molar-refractivity contribution in [2.75, 3.05) is 0 Å². The van der Waals surface area contributed by atoms with Gasteiger partial charge in [0, 0.05) is 34.2 Å². The van der Waals surface area contributed by atoms with Crippen molar-refractivity contribution in [3.8, 4) is 5.69 Å². The third-order valence-corrected chi connectivity index (χ3v) is 5.51. The quantitative estimate of drug-likeness (QED) is 0.341. The van der Waals surface area contributed by atoms with Crippen molar-refractivity contribution in [3.63, 3.8) is 0 Å². The Morgan fingerprint density at radius 2 is 1.88 bits per heavy atom. The second kappa shape index (κ2) is 7.03.